The number of amides is 1. The van der Waals surface area contributed by atoms with Gasteiger partial charge in [-0.2, -0.15) is 0 Å². The Morgan fingerprint density at radius 2 is 1.86 bits per heavy atom. The highest BCUT2D eigenvalue weighted by molar-refractivity contribution is 5.83. The van der Waals surface area contributed by atoms with Crippen LogP contribution in [0, 0.1) is 11.3 Å². The van der Waals surface area contributed by atoms with E-state index in [0.29, 0.717) is 6.54 Å². The molecule has 3 nitrogen and oxygen atoms in total. The van der Waals surface area contributed by atoms with E-state index < -0.39 is 0 Å². The van der Waals surface area contributed by atoms with Gasteiger partial charge in [0.25, 0.3) is 0 Å². The monoisotopic (exact) mass is 298 g/mol. The highest BCUT2D eigenvalue weighted by atomic mass is 16.2. The van der Waals surface area contributed by atoms with E-state index in [4.69, 9.17) is 0 Å². The summed E-state index contributed by atoms with van der Waals surface area (Å²) in [6, 6.07) is 8.54. The number of rotatable bonds is 2. The molecule has 0 atom stereocenters. The van der Waals surface area contributed by atoms with Crippen molar-refractivity contribution in [2.24, 2.45) is 11.3 Å². The van der Waals surface area contributed by atoms with Gasteiger partial charge in [-0.15, -0.1) is 0 Å². The Balaban J connectivity index is 1.47. The molecule has 1 saturated heterocycles. The zero-order valence-corrected chi connectivity index (χ0v) is 13.3. The van der Waals surface area contributed by atoms with Crippen molar-refractivity contribution < 1.29 is 4.79 Å². The van der Waals surface area contributed by atoms with Crippen LogP contribution in [0.5, 0.6) is 0 Å². The first kappa shape index (κ1) is 14.3. The van der Waals surface area contributed by atoms with Gasteiger partial charge in [-0.05, 0) is 62.2 Å². The van der Waals surface area contributed by atoms with Crippen LogP contribution in [0.2, 0.25) is 0 Å². The number of nitrogens with zero attached hydrogens (tertiary/aromatic N) is 1. The quantitative estimate of drug-likeness (QED) is 0.910. The van der Waals surface area contributed by atoms with Gasteiger partial charge in [0, 0.05) is 13.1 Å². The number of piperidine rings is 1. The van der Waals surface area contributed by atoms with Crippen LogP contribution in [0.25, 0.3) is 0 Å². The average Bonchev–Trinajstić information content (AvgIpc) is 2.63. The molecular formula is C19H26N2O. The van der Waals surface area contributed by atoms with Crippen LogP contribution >= 0.6 is 0 Å². The van der Waals surface area contributed by atoms with E-state index in [1.807, 2.05) is 0 Å². The second kappa shape index (κ2) is 5.69. The van der Waals surface area contributed by atoms with E-state index in [2.05, 4.69) is 34.5 Å². The van der Waals surface area contributed by atoms with Gasteiger partial charge in [0.15, 0.2) is 0 Å². The SMILES string of the molecule is O=C1NCc2ccccc2CC12CCN(CC1CCC1)CC2. The lowest BCUT2D eigenvalue weighted by Crippen LogP contribution is -2.49. The summed E-state index contributed by atoms with van der Waals surface area (Å²) in [5.74, 6) is 1.21. The van der Waals surface area contributed by atoms with Gasteiger partial charge in [0.2, 0.25) is 5.91 Å². The number of carbonyl (C=O) groups is 1. The molecule has 2 fully saturated rings. The number of hydrogen-bond donors (Lipinski definition) is 1. The van der Waals surface area contributed by atoms with Gasteiger partial charge < -0.3 is 10.2 Å². The molecule has 0 bridgehead atoms. The third-order valence-corrected chi connectivity index (χ3v) is 6.12. The molecule has 3 heteroatoms. The standard InChI is InChI=1S/C19H26N2O/c22-18-19(12-16-6-1-2-7-17(16)13-20-18)8-10-21(11-9-19)14-15-4-3-5-15/h1-2,6-7,15H,3-5,8-14H2,(H,20,22). The zero-order valence-electron chi connectivity index (χ0n) is 13.3. The number of likely N-dealkylation sites (tertiary alicyclic amines) is 1. The molecule has 1 aromatic carbocycles. The summed E-state index contributed by atoms with van der Waals surface area (Å²) in [6.07, 6.45) is 7.19. The summed E-state index contributed by atoms with van der Waals surface area (Å²) >= 11 is 0. The highest BCUT2D eigenvalue weighted by Gasteiger charge is 2.43. The zero-order chi connectivity index (χ0) is 15.0. The Hall–Kier alpha value is -1.35. The van der Waals surface area contributed by atoms with Gasteiger partial charge in [0.1, 0.15) is 0 Å². The molecule has 1 amide bonds. The average molecular weight is 298 g/mol. The Morgan fingerprint density at radius 3 is 2.55 bits per heavy atom. The Labute approximate surface area is 133 Å². The summed E-state index contributed by atoms with van der Waals surface area (Å²) in [6.45, 7) is 4.13. The molecule has 4 rings (SSSR count). The van der Waals surface area contributed by atoms with Crippen LogP contribution in [0.1, 0.15) is 43.2 Å². The fraction of sp³-hybridized carbons (Fsp3) is 0.632. The molecule has 0 radical (unpaired) electrons. The number of fused-ring (bicyclic) bond motifs is 1. The Kier molecular flexibility index (Phi) is 3.69. The maximum Gasteiger partial charge on any atom is 0.226 e. The number of hydrogen-bond acceptors (Lipinski definition) is 2. The molecule has 1 saturated carbocycles. The minimum absolute atomic E-state index is 0.164. The largest absolute Gasteiger partial charge is 0.352 e. The maximum absolute atomic E-state index is 12.7. The molecule has 1 spiro atoms. The van der Waals surface area contributed by atoms with Crippen LogP contribution in [-0.4, -0.2) is 30.4 Å². The minimum Gasteiger partial charge on any atom is -0.352 e. The topological polar surface area (TPSA) is 32.3 Å². The number of benzene rings is 1. The first-order chi connectivity index (χ1) is 10.8. The van der Waals surface area contributed by atoms with Gasteiger partial charge >= 0.3 is 0 Å². The van der Waals surface area contributed by atoms with Gasteiger partial charge in [-0.1, -0.05) is 30.7 Å². The third kappa shape index (κ3) is 2.56. The van der Waals surface area contributed by atoms with Crippen molar-refractivity contribution in [2.45, 2.75) is 45.1 Å². The predicted molar refractivity (Wildman–Crippen MR) is 87.4 cm³/mol. The van der Waals surface area contributed by atoms with Crippen molar-refractivity contribution in [3.05, 3.63) is 35.4 Å². The van der Waals surface area contributed by atoms with E-state index in [-0.39, 0.29) is 11.3 Å². The van der Waals surface area contributed by atoms with Crippen LogP contribution in [0.15, 0.2) is 24.3 Å². The molecule has 2 heterocycles. The Morgan fingerprint density at radius 1 is 1.14 bits per heavy atom. The van der Waals surface area contributed by atoms with E-state index in [1.165, 1.54) is 36.9 Å². The van der Waals surface area contributed by atoms with Gasteiger partial charge in [0.05, 0.1) is 5.41 Å². The lowest BCUT2D eigenvalue weighted by atomic mass is 9.72. The molecule has 1 N–H and O–H groups in total. The van der Waals surface area contributed by atoms with Crippen molar-refractivity contribution in [3.8, 4) is 0 Å². The normalized spacial score (nSPS) is 25.2. The lowest BCUT2D eigenvalue weighted by Gasteiger charge is -2.42. The summed E-state index contributed by atoms with van der Waals surface area (Å²) in [4.78, 5) is 15.3. The fourth-order valence-corrected chi connectivity index (χ4v) is 4.32. The maximum atomic E-state index is 12.7. The summed E-state index contributed by atoms with van der Waals surface area (Å²) in [5.41, 5.74) is 2.50. The van der Waals surface area contributed by atoms with Crippen molar-refractivity contribution in [1.82, 2.24) is 10.2 Å². The summed E-state index contributed by atoms with van der Waals surface area (Å²) in [5, 5.41) is 3.18. The fourth-order valence-electron chi connectivity index (χ4n) is 4.32. The van der Waals surface area contributed by atoms with Crippen molar-refractivity contribution in [3.63, 3.8) is 0 Å². The molecule has 0 unspecified atom stereocenters. The molecular weight excluding hydrogens is 272 g/mol. The Bertz CT molecular complexity index is 556. The van der Waals surface area contributed by atoms with Crippen LogP contribution < -0.4 is 5.32 Å². The molecule has 1 aliphatic carbocycles. The number of nitrogens with one attached hydrogen (secondary N) is 1. The first-order valence-corrected chi connectivity index (χ1v) is 8.83. The third-order valence-electron chi connectivity index (χ3n) is 6.12. The molecule has 2 aliphatic heterocycles. The summed E-state index contributed by atoms with van der Waals surface area (Å²) < 4.78 is 0. The first-order valence-electron chi connectivity index (χ1n) is 8.83. The van der Waals surface area contributed by atoms with E-state index >= 15 is 0 Å². The van der Waals surface area contributed by atoms with Gasteiger partial charge in [-0.3, -0.25) is 4.79 Å². The second-order valence-corrected chi connectivity index (χ2v) is 7.51. The van der Waals surface area contributed by atoms with E-state index in [9.17, 15) is 4.79 Å². The van der Waals surface area contributed by atoms with Crippen molar-refractivity contribution in [2.75, 3.05) is 19.6 Å². The lowest BCUT2D eigenvalue weighted by molar-refractivity contribution is -0.133. The predicted octanol–water partition coefficient (Wildman–Crippen LogP) is 2.74. The summed E-state index contributed by atoms with van der Waals surface area (Å²) in [7, 11) is 0. The number of carbonyl (C=O) groups excluding carboxylic acids is 1. The second-order valence-electron chi connectivity index (χ2n) is 7.51. The van der Waals surface area contributed by atoms with Crippen LogP contribution in [-0.2, 0) is 17.8 Å². The van der Waals surface area contributed by atoms with Crippen LogP contribution in [0.3, 0.4) is 0 Å². The van der Waals surface area contributed by atoms with Gasteiger partial charge in [-0.25, -0.2) is 0 Å². The highest BCUT2D eigenvalue weighted by Crippen LogP contribution is 2.39. The molecule has 1 aromatic rings. The van der Waals surface area contributed by atoms with Crippen molar-refractivity contribution >= 4 is 5.91 Å². The molecule has 118 valence electrons. The van der Waals surface area contributed by atoms with E-state index in [1.54, 1.807) is 0 Å². The van der Waals surface area contributed by atoms with E-state index in [0.717, 1.165) is 38.3 Å². The smallest absolute Gasteiger partial charge is 0.226 e. The van der Waals surface area contributed by atoms with Crippen LogP contribution in [0.4, 0.5) is 0 Å². The molecule has 3 aliphatic rings. The minimum atomic E-state index is -0.164. The molecule has 0 aromatic heterocycles. The molecule has 22 heavy (non-hydrogen) atoms. The van der Waals surface area contributed by atoms with Crippen molar-refractivity contribution in [1.29, 1.82) is 0 Å².